The molecular formula is C11H18ClN3S. The van der Waals surface area contributed by atoms with Gasteiger partial charge in [0.15, 0.2) is 0 Å². The zero-order valence-corrected chi connectivity index (χ0v) is 11.2. The summed E-state index contributed by atoms with van der Waals surface area (Å²) < 4.78 is 4.61. The van der Waals surface area contributed by atoms with Crippen LogP contribution in [-0.2, 0) is 6.54 Å². The Kier molecular flexibility index (Phi) is 4.55. The van der Waals surface area contributed by atoms with E-state index in [0.29, 0.717) is 0 Å². The van der Waals surface area contributed by atoms with Crippen LogP contribution < -0.4 is 0 Å². The fraction of sp³-hybridized carbons (Fsp3) is 0.818. The summed E-state index contributed by atoms with van der Waals surface area (Å²) >= 11 is 7.28. The maximum Gasteiger partial charge on any atom is 0.138 e. The zero-order chi connectivity index (χ0) is 11.4. The molecule has 0 radical (unpaired) electrons. The van der Waals surface area contributed by atoms with E-state index in [9.17, 15) is 0 Å². The van der Waals surface area contributed by atoms with Gasteiger partial charge in [-0.1, -0.05) is 35.9 Å². The molecule has 1 fully saturated rings. The van der Waals surface area contributed by atoms with Crippen molar-refractivity contribution >= 4 is 23.1 Å². The number of likely N-dealkylation sites (tertiary alicyclic amines) is 1. The van der Waals surface area contributed by atoms with E-state index in [2.05, 4.69) is 21.4 Å². The van der Waals surface area contributed by atoms with E-state index in [-0.39, 0.29) is 0 Å². The first-order valence-corrected chi connectivity index (χ1v) is 7.13. The molecule has 0 amide bonds. The van der Waals surface area contributed by atoms with Crippen LogP contribution in [0.15, 0.2) is 0 Å². The predicted molar refractivity (Wildman–Crippen MR) is 67.8 cm³/mol. The van der Waals surface area contributed by atoms with Crippen molar-refractivity contribution in [2.45, 2.75) is 39.2 Å². The molecule has 1 saturated heterocycles. The molecule has 0 N–H and O–H groups in total. The summed E-state index contributed by atoms with van der Waals surface area (Å²) in [4.78, 5) is 2.44. The number of hydrogen-bond acceptors (Lipinski definition) is 4. The van der Waals surface area contributed by atoms with Gasteiger partial charge in [0.2, 0.25) is 0 Å². The van der Waals surface area contributed by atoms with Gasteiger partial charge in [-0.2, -0.15) is 0 Å². The lowest BCUT2D eigenvalue weighted by Crippen LogP contribution is -2.33. The van der Waals surface area contributed by atoms with E-state index in [1.807, 2.05) is 0 Å². The van der Waals surface area contributed by atoms with Gasteiger partial charge in [-0.15, -0.1) is 5.10 Å². The van der Waals surface area contributed by atoms with Crippen LogP contribution in [0, 0.1) is 5.92 Å². The van der Waals surface area contributed by atoms with Crippen LogP contribution in [0.5, 0.6) is 0 Å². The molecule has 1 aliphatic rings. The smallest absolute Gasteiger partial charge is 0.138 e. The normalized spacial score (nSPS) is 19.1. The van der Waals surface area contributed by atoms with Crippen molar-refractivity contribution in [2.24, 2.45) is 5.92 Å². The quantitative estimate of drug-likeness (QED) is 0.832. The highest BCUT2D eigenvalue weighted by atomic mass is 35.5. The second-order valence-electron chi connectivity index (χ2n) is 4.50. The summed E-state index contributed by atoms with van der Waals surface area (Å²) in [5, 5.41) is 4.06. The van der Waals surface area contributed by atoms with Gasteiger partial charge < -0.3 is 0 Å². The Morgan fingerprint density at radius 3 is 2.75 bits per heavy atom. The molecule has 2 rings (SSSR count). The minimum Gasteiger partial charge on any atom is -0.297 e. The Hall–Kier alpha value is -0.190. The van der Waals surface area contributed by atoms with Gasteiger partial charge in [-0.05, 0) is 31.8 Å². The highest BCUT2D eigenvalue weighted by Crippen LogP contribution is 2.24. The van der Waals surface area contributed by atoms with Gasteiger partial charge in [0.1, 0.15) is 10.0 Å². The third-order valence-corrected chi connectivity index (χ3v) is 4.27. The maximum atomic E-state index is 6.00. The molecule has 0 aromatic carbocycles. The largest absolute Gasteiger partial charge is 0.297 e. The second kappa shape index (κ2) is 5.94. The molecule has 0 bridgehead atoms. The summed E-state index contributed by atoms with van der Waals surface area (Å²) in [6.45, 7) is 5.50. The number of piperidine rings is 1. The Bertz CT molecular complexity index is 321. The summed E-state index contributed by atoms with van der Waals surface area (Å²) in [6, 6.07) is 0. The molecule has 1 aromatic rings. The topological polar surface area (TPSA) is 29.0 Å². The summed E-state index contributed by atoms with van der Waals surface area (Å²) in [5.41, 5.74) is 0.945. The molecule has 5 heteroatoms. The van der Waals surface area contributed by atoms with Gasteiger partial charge in [-0.3, -0.25) is 4.90 Å². The fourth-order valence-electron chi connectivity index (χ4n) is 2.34. The lowest BCUT2D eigenvalue weighted by molar-refractivity contribution is 0.170. The van der Waals surface area contributed by atoms with E-state index in [4.69, 9.17) is 11.6 Å². The first kappa shape index (κ1) is 12.3. The molecule has 90 valence electrons. The Morgan fingerprint density at radius 1 is 1.44 bits per heavy atom. The Balaban J connectivity index is 1.79. The second-order valence-corrected chi connectivity index (χ2v) is 5.86. The van der Waals surface area contributed by atoms with E-state index in [1.54, 1.807) is 0 Å². The van der Waals surface area contributed by atoms with Crippen LogP contribution in [-0.4, -0.2) is 27.6 Å². The first-order valence-electron chi connectivity index (χ1n) is 5.98. The molecule has 1 aromatic heterocycles. The van der Waals surface area contributed by atoms with E-state index < -0.39 is 0 Å². The monoisotopic (exact) mass is 259 g/mol. The number of halogens is 1. The van der Waals surface area contributed by atoms with E-state index in [0.717, 1.165) is 22.5 Å². The van der Waals surface area contributed by atoms with Crippen molar-refractivity contribution in [1.82, 2.24) is 14.5 Å². The van der Waals surface area contributed by atoms with Crippen LogP contribution >= 0.6 is 23.1 Å². The maximum absolute atomic E-state index is 6.00. The molecule has 0 spiro atoms. The van der Waals surface area contributed by atoms with Crippen LogP contribution in [0.3, 0.4) is 0 Å². The number of aromatic nitrogens is 2. The van der Waals surface area contributed by atoms with Crippen molar-refractivity contribution in [1.29, 1.82) is 0 Å². The van der Waals surface area contributed by atoms with Gasteiger partial charge in [-0.25, -0.2) is 0 Å². The molecule has 0 aliphatic carbocycles. The third kappa shape index (κ3) is 3.15. The molecule has 2 heterocycles. The average Bonchev–Trinajstić information content (AvgIpc) is 2.68. The Morgan fingerprint density at radius 2 is 2.19 bits per heavy atom. The minimum absolute atomic E-state index is 0.746. The van der Waals surface area contributed by atoms with Gasteiger partial charge in [0.05, 0.1) is 0 Å². The summed E-state index contributed by atoms with van der Waals surface area (Å²) in [5.74, 6) is 0.935. The SMILES string of the molecule is CCCC1CCN(Cc2nnsc2Cl)CC1. The Labute approximate surface area is 106 Å². The summed E-state index contributed by atoms with van der Waals surface area (Å²) in [7, 11) is 0. The standard InChI is InChI=1S/C11H18ClN3S/c1-2-3-9-4-6-15(7-5-9)8-10-11(12)16-14-13-10/h9H,2-8H2,1H3. The fourth-order valence-corrected chi connectivity index (χ4v) is 2.96. The molecular weight excluding hydrogens is 242 g/mol. The van der Waals surface area contributed by atoms with Crippen molar-refractivity contribution in [3.05, 3.63) is 10.0 Å². The van der Waals surface area contributed by atoms with Crippen LogP contribution in [0.1, 0.15) is 38.3 Å². The minimum atomic E-state index is 0.746. The van der Waals surface area contributed by atoms with Crippen molar-refractivity contribution < 1.29 is 0 Å². The lowest BCUT2D eigenvalue weighted by atomic mass is 9.92. The van der Waals surface area contributed by atoms with Crippen LogP contribution in [0.25, 0.3) is 0 Å². The lowest BCUT2D eigenvalue weighted by Gasteiger charge is -2.31. The molecule has 0 unspecified atom stereocenters. The third-order valence-electron chi connectivity index (χ3n) is 3.29. The average molecular weight is 260 g/mol. The predicted octanol–water partition coefficient (Wildman–Crippen LogP) is 3.20. The van der Waals surface area contributed by atoms with Crippen LogP contribution in [0.4, 0.5) is 0 Å². The highest BCUT2D eigenvalue weighted by molar-refractivity contribution is 7.10. The number of rotatable bonds is 4. The van der Waals surface area contributed by atoms with Gasteiger partial charge in [0, 0.05) is 18.1 Å². The van der Waals surface area contributed by atoms with E-state index >= 15 is 0 Å². The molecule has 0 saturated carbocycles. The number of nitrogens with zero attached hydrogens (tertiary/aromatic N) is 3. The molecule has 1 aliphatic heterocycles. The van der Waals surface area contributed by atoms with E-state index in [1.165, 1.54) is 50.3 Å². The van der Waals surface area contributed by atoms with Gasteiger partial charge >= 0.3 is 0 Å². The molecule has 16 heavy (non-hydrogen) atoms. The van der Waals surface area contributed by atoms with Crippen molar-refractivity contribution in [2.75, 3.05) is 13.1 Å². The number of hydrogen-bond donors (Lipinski definition) is 0. The summed E-state index contributed by atoms with van der Waals surface area (Å²) in [6.07, 6.45) is 5.34. The molecule has 3 nitrogen and oxygen atoms in total. The highest BCUT2D eigenvalue weighted by Gasteiger charge is 2.20. The van der Waals surface area contributed by atoms with Gasteiger partial charge in [0.25, 0.3) is 0 Å². The molecule has 0 atom stereocenters. The zero-order valence-electron chi connectivity index (χ0n) is 9.65. The first-order chi connectivity index (χ1) is 7.79. The van der Waals surface area contributed by atoms with Crippen molar-refractivity contribution in [3.63, 3.8) is 0 Å². The van der Waals surface area contributed by atoms with Crippen LogP contribution in [0.2, 0.25) is 4.34 Å². The van der Waals surface area contributed by atoms with Crippen molar-refractivity contribution in [3.8, 4) is 0 Å².